The first-order valence-corrected chi connectivity index (χ1v) is 6.21. The summed E-state index contributed by atoms with van der Waals surface area (Å²) in [4.78, 5) is 23.5. The molecule has 104 valence electrons. The summed E-state index contributed by atoms with van der Waals surface area (Å²) in [5.74, 6) is -0.0564. The Labute approximate surface area is 116 Å². The van der Waals surface area contributed by atoms with Crippen LogP contribution < -0.4 is 5.32 Å². The number of nitro groups is 1. The van der Waals surface area contributed by atoms with E-state index in [9.17, 15) is 14.9 Å². The first-order valence-electron chi connectivity index (χ1n) is 5.83. The average molecular weight is 286 g/mol. The van der Waals surface area contributed by atoms with Gasteiger partial charge < -0.3 is 10.2 Å². The monoisotopic (exact) mass is 285 g/mol. The van der Waals surface area contributed by atoms with Crippen LogP contribution in [-0.2, 0) is 11.3 Å². The third-order valence-electron chi connectivity index (χ3n) is 2.74. The second kappa shape index (κ2) is 7.06. The number of likely N-dealkylation sites (N-methyl/N-ethyl adjacent to an activating group) is 1. The average Bonchev–Trinajstić information content (AvgIpc) is 2.38. The summed E-state index contributed by atoms with van der Waals surface area (Å²) in [7, 11) is 1.70. The zero-order valence-electron chi connectivity index (χ0n) is 10.9. The Balaban J connectivity index is 2.63. The lowest BCUT2D eigenvalue weighted by Gasteiger charge is -2.14. The number of halogens is 1. The zero-order valence-corrected chi connectivity index (χ0v) is 11.6. The van der Waals surface area contributed by atoms with E-state index >= 15 is 0 Å². The number of carbonyl (C=O) groups excluding carboxylic acids is 1. The molecule has 1 aromatic rings. The van der Waals surface area contributed by atoms with Crippen LogP contribution in [0, 0.1) is 10.1 Å². The highest BCUT2D eigenvalue weighted by atomic mass is 35.5. The molecular formula is C12H16ClN3O3. The van der Waals surface area contributed by atoms with Crippen molar-refractivity contribution in [3.05, 3.63) is 38.9 Å². The van der Waals surface area contributed by atoms with Crippen LogP contribution in [0.1, 0.15) is 12.5 Å². The Morgan fingerprint density at radius 2 is 2.21 bits per heavy atom. The SMILES string of the molecule is CCN(C)C(=O)CNCc1ccc(Cl)cc1[N+](=O)[O-]. The highest BCUT2D eigenvalue weighted by Crippen LogP contribution is 2.22. The van der Waals surface area contributed by atoms with Gasteiger partial charge in [0.25, 0.3) is 5.69 Å². The minimum absolute atomic E-state index is 0.0451. The number of rotatable bonds is 6. The van der Waals surface area contributed by atoms with Gasteiger partial charge in [-0.2, -0.15) is 0 Å². The third kappa shape index (κ3) is 4.50. The lowest BCUT2D eigenvalue weighted by atomic mass is 10.2. The van der Waals surface area contributed by atoms with Gasteiger partial charge in [0.05, 0.1) is 11.5 Å². The van der Waals surface area contributed by atoms with E-state index in [0.717, 1.165) is 0 Å². The summed E-state index contributed by atoms with van der Waals surface area (Å²) >= 11 is 5.72. The largest absolute Gasteiger partial charge is 0.345 e. The molecule has 0 bridgehead atoms. The van der Waals surface area contributed by atoms with E-state index in [1.54, 1.807) is 24.1 Å². The van der Waals surface area contributed by atoms with Gasteiger partial charge in [-0.25, -0.2) is 0 Å². The standard InChI is InChI=1S/C12H16ClN3O3/c1-3-15(2)12(17)8-14-7-9-4-5-10(13)6-11(9)16(18)19/h4-6,14H,3,7-8H2,1-2H3. The van der Waals surface area contributed by atoms with E-state index in [2.05, 4.69) is 5.32 Å². The van der Waals surface area contributed by atoms with Crippen molar-refractivity contribution in [1.82, 2.24) is 10.2 Å². The molecule has 0 spiro atoms. The number of nitrogens with zero attached hydrogens (tertiary/aromatic N) is 2. The summed E-state index contributed by atoms with van der Waals surface area (Å²) in [6.07, 6.45) is 0. The highest BCUT2D eigenvalue weighted by molar-refractivity contribution is 6.30. The van der Waals surface area contributed by atoms with Crippen LogP contribution in [0.2, 0.25) is 5.02 Å². The molecule has 1 aromatic carbocycles. The number of benzene rings is 1. The van der Waals surface area contributed by atoms with E-state index in [4.69, 9.17) is 11.6 Å². The van der Waals surface area contributed by atoms with Crippen molar-refractivity contribution in [1.29, 1.82) is 0 Å². The fourth-order valence-corrected chi connectivity index (χ4v) is 1.64. The van der Waals surface area contributed by atoms with Crippen molar-refractivity contribution >= 4 is 23.2 Å². The van der Waals surface area contributed by atoms with E-state index < -0.39 is 4.92 Å². The number of hydrogen-bond acceptors (Lipinski definition) is 4. The summed E-state index contributed by atoms with van der Waals surface area (Å²) in [6.45, 7) is 2.89. The first-order chi connectivity index (χ1) is 8.95. The molecule has 0 atom stereocenters. The number of nitrogens with one attached hydrogen (secondary N) is 1. The molecule has 7 heteroatoms. The molecule has 1 rings (SSSR count). The molecule has 0 heterocycles. The van der Waals surface area contributed by atoms with E-state index in [1.807, 2.05) is 6.92 Å². The van der Waals surface area contributed by atoms with Crippen molar-refractivity contribution in [3.63, 3.8) is 0 Å². The molecule has 6 nitrogen and oxygen atoms in total. The smallest absolute Gasteiger partial charge is 0.275 e. The molecule has 0 fully saturated rings. The minimum atomic E-state index is -0.483. The summed E-state index contributed by atoms with van der Waals surface area (Å²) in [5.41, 5.74) is 0.456. The number of nitro benzene ring substituents is 1. The maximum Gasteiger partial charge on any atom is 0.275 e. The Morgan fingerprint density at radius 3 is 2.79 bits per heavy atom. The van der Waals surface area contributed by atoms with Gasteiger partial charge in [0, 0.05) is 36.8 Å². The molecule has 0 aliphatic carbocycles. The number of carbonyl (C=O) groups is 1. The van der Waals surface area contributed by atoms with Crippen molar-refractivity contribution in [2.24, 2.45) is 0 Å². The molecule has 0 saturated carbocycles. The van der Waals surface area contributed by atoms with Crippen molar-refractivity contribution < 1.29 is 9.72 Å². The van der Waals surface area contributed by atoms with Gasteiger partial charge in [0.2, 0.25) is 5.91 Å². The van der Waals surface area contributed by atoms with E-state index in [0.29, 0.717) is 17.1 Å². The molecule has 0 aliphatic heterocycles. The Kier molecular flexibility index (Phi) is 5.72. The fraction of sp³-hybridized carbons (Fsp3) is 0.417. The molecule has 0 aliphatic rings. The van der Waals surface area contributed by atoms with Gasteiger partial charge in [-0.15, -0.1) is 0 Å². The molecule has 1 N–H and O–H groups in total. The van der Waals surface area contributed by atoms with Crippen LogP contribution in [0.25, 0.3) is 0 Å². The molecule has 19 heavy (non-hydrogen) atoms. The van der Waals surface area contributed by atoms with Gasteiger partial charge in [0.15, 0.2) is 0 Å². The third-order valence-corrected chi connectivity index (χ3v) is 2.97. The van der Waals surface area contributed by atoms with Crippen molar-refractivity contribution in [3.8, 4) is 0 Å². The van der Waals surface area contributed by atoms with Crippen LogP contribution in [0.3, 0.4) is 0 Å². The van der Waals surface area contributed by atoms with Gasteiger partial charge in [-0.05, 0) is 19.1 Å². The van der Waals surface area contributed by atoms with Crippen molar-refractivity contribution in [2.45, 2.75) is 13.5 Å². The van der Waals surface area contributed by atoms with Crippen molar-refractivity contribution in [2.75, 3.05) is 20.1 Å². The van der Waals surface area contributed by atoms with Crippen LogP contribution in [0.5, 0.6) is 0 Å². The summed E-state index contributed by atoms with van der Waals surface area (Å²) in [5, 5.41) is 14.1. The maximum atomic E-state index is 11.5. The zero-order chi connectivity index (χ0) is 14.4. The lowest BCUT2D eigenvalue weighted by molar-refractivity contribution is -0.385. The van der Waals surface area contributed by atoms with Gasteiger partial charge in [0.1, 0.15) is 0 Å². The maximum absolute atomic E-state index is 11.5. The Hall–Kier alpha value is -1.66. The van der Waals surface area contributed by atoms with Crippen LogP contribution in [0.15, 0.2) is 18.2 Å². The van der Waals surface area contributed by atoms with Gasteiger partial charge >= 0.3 is 0 Å². The fourth-order valence-electron chi connectivity index (χ4n) is 1.47. The predicted octanol–water partition coefficient (Wildman–Crippen LogP) is 1.82. The first kappa shape index (κ1) is 15.4. The van der Waals surface area contributed by atoms with E-state index in [-0.39, 0.29) is 24.7 Å². The second-order valence-corrected chi connectivity index (χ2v) is 4.48. The molecular weight excluding hydrogens is 270 g/mol. The van der Waals surface area contributed by atoms with Crippen LogP contribution in [-0.4, -0.2) is 35.9 Å². The number of hydrogen-bond donors (Lipinski definition) is 1. The molecule has 0 aromatic heterocycles. The van der Waals surface area contributed by atoms with Gasteiger partial charge in [-0.3, -0.25) is 14.9 Å². The normalized spacial score (nSPS) is 10.3. The quantitative estimate of drug-likeness (QED) is 0.639. The summed E-state index contributed by atoms with van der Waals surface area (Å²) < 4.78 is 0. The Bertz CT molecular complexity index is 479. The van der Waals surface area contributed by atoms with Gasteiger partial charge in [-0.1, -0.05) is 11.6 Å². The molecule has 1 amide bonds. The number of amides is 1. The van der Waals surface area contributed by atoms with Crippen LogP contribution >= 0.6 is 11.6 Å². The molecule has 0 saturated heterocycles. The minimum Gasteiger partial charge on any atom is -0.345 e. The molecule has 0 unspecified atom stereocenters. The topological polar surface area (TPSA) is 75.5 Å². The second-order valence-electron chi connectivity index (χ2n) is 4.04. The van der Waals surface area contributed by atoms with E-state index in [1.165, 1.54) is 6.07 Å². The molecule has 0 radical (unpaired) electrons. The summed E-state index contributed by atoms with van der Waals surface area (Å²) in [6, 6.07) is 4.48. The van der Waals surface area contributed by atoms with Crippen LogP contribution in [0.4, 0.5) is 5.69 Å². The Morgan fingerprint density at radius 1 is 1.53 bits per heavy atom. The highest BCUT2D eigenvalue weighted by Gasteiger charge is 2.14. The predicted molar refractivity (Wildman–Crippen MR) is 73.1 cm³/mol. The lowest BCUT2D eigenvalue weighted by Crippen LogP contribution is -2.35.